The molecule has 0 aromatic carbocycles. The van der Waals surface area contributed by atoms with Crippen LogP contribution in [0.1, 0.15) is 31.7 Å². The van der Waals surface area contributed by atoms with Gasteiger partial charge in [0.1, 0.15) is 0 Å². The van der Waals surface area contributed by atoms with Gasteiger partial charge in [0.15, 0.2) is 5.96 Å². The highest BCUT2D eigenvalue weighted by Gasteiger charge is 2.18. The van der Waals surface area contributed by atoms with E-state index in [9.17, 15) is 4.79 Å². The first-order chi connectivity index (χ1) is 11.7. The van der Waals surface area contributed by atoms with Crippen molar-refractivity contribution in [1.29, 1.82) is 0 Å². The fourth-order valence-electron chi connectivity index (χ4n) is 2.55. The van der Waals surface area contributed by atoms with Crippen LogP contribution in [-0.4, -0.2) is 55.0 Å². The van der Waals surface area contributed by atoms with Crippen molar-refractivity contribution in [2.24, 2.45) is 4.99 Å². The van der Waals surface area contributed by atoms with E-state index in [1.54, 1.807) is 13.3 Å². The molecule has 1 fully saturated rings. The second kappa shape index (κ2) is 9.75. The Labute approximate surface area is 143 Å². The summed E-state index contributed by atoms with van der Waals surface area (Å²) in [5.41, 5.74) is 1.02. The number of aliphatic imine (C=N–C) groups is 1. The molecule has 2 heterocycles. The van der Waals surface area contributed by atoms with Gasteiger partial charge >= 0.3 is 0 Å². The highest BCUT2D eigenvalue weighted by molar-refractivity contribution is 5.79. The van der Waals surface area contributed by atoms with E-state index in [4.69, 9.17) is 4.74 Å². The predicted molar refractivity (Wildman–Crippen MR) is 94.0 cm³/mol. The summed E-state index contributed by atoms with van der Waals surface area (Å²) in [5, 5.41) is 6.53. The summed E-state index contributed by atoms with van der Waals surface area (Å²) in [6.07, 6.45) is 4.38. The average Bonchev–Trinajstić information content (AvgIpc) is 3.02. The molecule has 24 heavy (non-hydrogen) atoms. The Morgan fingerprint density at radius 2 is 2.29 bits per heavy atom. The number of nitrogens with one attached hydrogen (secondary N) is 2. The van der Waals surface area contributed by atoms with E-state index >= 15 is 0 Å². The van der Waals surface area contributed by atoms with E-state index in [0.29, 0.717) is 18.8 Å². The first kappa shape index (κ1) is 18.0. The van der Waals surface area contributed by atoms with E-state index < -0.39 is 0 Å². The Kier molecular flexibility index (Phi) is 7.32. The van der Waals surface area contributed by atoms with Gasteiger partial charge in [0.05, 0.1) is 13.7 Å². The molecular weight excluding hydrogens is 306 g/mol. The maximum atomic E-state index is 11.6. The molecule has 1 saturated heterocycles. The van der Waals surface area contributed by atoms with Gasteiger partial charge in [0.25, 0.3) is 0 Å². The van der Waals surface area contributed by atoms with Gasteiger partial charge in [-0.1, -0.05) is 6.07 Å². The van der Waals surface area contributed by atoms with Gasteiger partial charge in [-0.05, 0) is 25.3 Å². The topological polar surface area (TPSA) is 78.9 Å². The molecule has 0 bridgehead atoms. The first-order valence-electron chi connectivity index (χ1n) is 8.51. The number of likely N-dealkylation sites (tertiary alicyclic amines) is 1. The minimum atomic E-state index is 0.280. The average molecular weight is 333 g/mol. The number of ether oxygens (including phenoxy) is 1. The molecule has 0 atom stereocenters. The van der Waals surface area contributed by atoms with Crippen molar-refractivity contribution in [3.63, 3.8) is 0 Å². The summed E-state index contributed by atoms with van der Waals surface area (Å²) in [6.45, 7) is 5.89. The summed E-state index contributed by atoms with van der Waals surface area (Å²) in [4.78, 5) is 22.2. The van der Waals surface area contributed by atoms with Crippen molar-refractivity contribution in [2.45, 2.75) is 32.7 Å². The zero-order valence-corrected chi connectivity index (χ0v) is 14.5. The summed E-state index contributed by atoms with van der Waals surface area (Å²) in [5.74, 6) is 1.66. The van der Waals surface area contributed by atoms with Gasteiger partial charge in [-0.25, -0.2) is 9.98 Å². The predicted octanol–water partition coefficient (Wildman–Crippen LogP) is 1.16. The molecular formula is C17H27N5O2. The van der Waals surface area contributed by atoms with Crippen molar-refractivity contribution in [3.05, 3.63) is 23.9 Å². The molecule has 0 spiro atoms. The van der Waals surface area contributed by atoms with Gasteiger partial charge in [-0.15, -0.1) is 0 Å². The Hall–Kier alpha value is -2.31. The van der Waals surface area contributed by atoms with Crippen LogP contribution in [0.25, 0.3) is 0 Å². The van der Waals surface area contributed by atoms with Crippen LogP contribution in [0.3, 0.4) is 0 Å². The zero-order valence-electron chi connectivity index (χ0n) is 14.5. The third kappa shape index (κ3) is 5.72. The van der Waals surface area contributed by atoms with E-state index in [2.05, 4.69) is 20.6 Å². The molecule has 1 aromatic rings. The van der Waals surface area contributed by atoms with Gasteiger partial charge in [0.2, 0.25) is 11.8 Å². The lowest BCUT2D eigenvalue weighted by Gasteiger charge is -2.16. The molecule has 0 unspecified atom stereocenters. The monoisotopic (exact) mass is 333 g/mol. The number of carbonyl (C=O) groups is 1. The number of hydrogen-bond acceptors (Lipinski definition) is 4. The van der Waals surface area contributed by atoms with Gasteiger partial charge in [-0.3, -0.25) is 4.79 Å². The van der Waals surface area contributed by atoms with Crippen molar-refractivity contribution >= 4 is 11.9 Å². The first-order valence-corrected chi connectivity index (χ1v) is 8.51. The van der Waals surface area contributed by atoms with Crippen molar-refractivity contribution < 1.29 is 9.53 Å². The molecule has 1 amide bonds. The summed E-state index contributed by atoms with van der Waals surface area (Å²) in [7, 11) is 1.60. The van der Waals surface area contributed by atoms with Gasteiger partial charge in [-0.2, -0.15) is 0 Å². The highest BCUT2D eigenvalue weighted by atomic mass is 16.5. The van der Waals surface area contributed by atoms with E-state index in [1.165, 1.54) is 0 Å². The van der Waals surface area contributed by atoms with Crippen LogP contribution < -0.4 is 15.4 Å². The number of amides is 1. The molecule has 2 rings (SSSR count). The lowest BCUT2D eigenvalue weighted by Crippen LogP contribution is -2.39. The lowest BCUT2D eigenvalue weighted by molar-refractivity contribution is -0.127. The van der Waals surface area contributed by atoms with Crippen LogP contribution in [0.15, 0.2) is 23.3 Å². The van der Waals surface area contributed by atoms with Gasteiger partial charge < -0.3 is 20.3 Å². The third-order valence-electron chi connectivity index (χ3n) is 3.84. The quantitative estimate of drug-likeness (QED) is 0.424. The molecule has 1 aliphatic heterocycles. The smallest absolute Gasteiger partial charge is 0.222 e. The van der Waals surface area contributed by atoms with Crippen LogP contribution in [0.5, 0.6) is 5.88 Å². The van der Waals surface area contributed by atoms with Crippen molar-refractivity contribution in [1.82, 2.24) is 20.5 Å². The van der Waals surface area contributed by atoms with Crippen LogP contribution in [0, 0.1) is 0 Å². The Morgan fingerprint density at radius 1 is 1.42 bits per heavy atom. The third-order valence-corrected chi connectivity index (χ3v) is 3.84. The molecule has 0 aliphatic carbocycles. The van der Waals surface area contributed by atoms with Crippen LogP contribution in [-0.2, 0) is 11.3 Å². The largest absolute Gasteiger partial charge is 0.481 e. The molecule has 0 saturated carbocycles. The SMILES string of the molecule is CCNC(=NCc1ccc(OC)nc1)NCCCN1CCCC1=O. The maximum Gasteiger partial charge on any atom is 0.222 e. The molecule has 132 valence electrons. The van der Waals surface area contributed by atoms with E-state index in [1.807, 2.05) is 24.0 Å². The Balaban J connectivity index is 1.76. The lowest BCUT2D eigenvalue weighted by atomic mass is 10.3. The van der Waals surface area contributed by atoms with E-state index in [-0.39, 0.29) is 5.91 Å². The van der Waals surface area contributed by atoms with Crippen LogP contribution in [0.4, 0.5) is 0 Å². The maximum absolute atomic E-state index is 11.6. The number of pyridine rings is 1. The molecule has 7 nitrogen and oxygen atoms in total. The number of hydrogen-bond donors (Lipinski definition) is 2. The highest BCUT2D eigenvalue weighted by Crippen LogP contribution is 2.09. The number of guanidine groups is 1. The molecule has 7 heteroatoms. The van der Waals surface area contributed by atoms with Crippen LogP contribution in [0.2, 0.25) is 0 Å². The number of carbonyl (C=O) groups excluding carboxylic acids is 1. The Bertz CT molecular complexity index is 544. The molecule has 2 N–H and O–H groups in total. The standard InChI is InChI=1S/C17H27N5O2/c1-3-18-17(19-9-5-11-22-10-4-6-16(22)23)21-13-14-7-8-15(24-2)20-12-14/h7-8,12H,3-6,9-11,13H2,1-2H3,(H2,18,19,21). The summed E-state index contributed by atoms with van der Waals surface area (Å²) in [6, 6.07) is 3.79. The second-order valence-corrected chi connectivity index (χ2v) is 5.67. The fraction of sp³-hybridized carbons (Fsp3) is 0.588. The van der Waals surface area contributed by atoms with E-state index in [0.717, 1.165) is 50.5 Å². The summed E-state index contributed by atoms with van der Waals surface area (Å²) < 4.78 is 5.05. The number of methoxy groups -OCH3 is 1. The van der Waals surface area contributed by atoms with Crippen molar-refractivity contribution in [3.8, 4) is 5.88 Å². The van der Waals surface area contributed by atoms with Crippen molar-refractivity contribution in [2.75, 3.05) is 33.3 Å². The normalized spacial score (nSPS) is 14.8. The molecule has 1 aliphatic rings. The minimum Gasteiger partial charge on any atom is -0.481 e. The summed E-state index contributed by atoms with van der Waals surface area (Å²) >= 11 is 0. The number of rotatable bonds is 8. The minimum absolute atomic E-state index is 0.280. The second-order valence-electron chi connectivity index (χ2n) is 5.67. The molecule has 1 aromatic heterocycles. The zero-order chi connectivity index (χ0) is 17.2. The van der Waals surface area contributed by atoms with Gasteiger partial charge in [0, 0.05) is 44.9 Å². The van der Waals surface area contributed by atoms with Crippen LogP contribution >= 0.6 is 0 Å². The Morgan fingerprint density at radius 3 is 2.92 bits per heavy atom. The molecule has 0 radical (unpaired) electrons. The number of nitrogens with zero attached hydrogens (tertiary/aromatic N) is 3. The fourth-order valence-corrected chi connectivity index (χ4v) is 2.55. The number of aromatic nitrogens is 1.